The lowest BCUT2D eigenvalue weighted by molar-refractivity contribution is -0.148. The molecular formula is C17H19BrN2O3. The third-order valence-corrected chi connectivity index (χ3v) is 5.15. The highest BCUT2D eigenvalue weighted by Crippen LogP contribution is 2.42. The number of benzene rings is 1. The highest BCUT2D eigenvalue weighted by Gasteiger charge is 2.33. The van der Waals surface area contributed by atoms with Gasteiger partial charge in [0, 0.05) is 22.0 Å². The Hall–Kier alpha value is -1.82. The Kier molecular flexibility index (Phi) is 4.19. The van der Waals surface area contributed by atoms with Crippen molar-refractivity contribution in [2.75, 3.05) is 6.61 Å². The molecule has 0 saturated heterocycles. The van der Waals surface area contributed by atoms with E-state index in [0.717, 1.165) is 33.1 Å². The highest BCUT2D eigenvalue weighted by atomic mass is 79.9. The summed E-state index contributed by atoms with van der Waals surface area (Å²) < 4.78 is 6.10. The zero-order valence-corrected chi connectivity index (χ0v) is 14.7. The highest BCUT2D eigenvalue weighted by molar-refractivity contribution is 9.10. The summed E-state index contributed by atoms with van der Waals surface area (Å²) >= 11 is 3.57. The third-order valence-electron chi connectivity index (χ3n) is 4.49. The van der Waals surface area contributed by atoms with E-state index in [2.05, 4.69) is 27.8 Å². The molecule has 0 spiro atoms. The molecule has 3 N–H and O–H groups in total. The van der Waals surface area contributed by atoms with Crippen LogP contribution in [-0.4, -0.2) is 23.5 Å². The number of aromatic nitrogens is 1. The Morgan fingerprint density at radius 2 is 2.17 bits per heavy atom. The number of fused-ring (bicyclic) bond motifs is 3. The van der Waals surface area contributed by atoms with Gasteiger partial charge in [0.05, 0.1) is 23.6 Å². The number of carbonyl (C=O) groups is 2. The van der Waals surface area contributed by atoms with Crippen molar-refractivity contribution in [3.63, 3.8) is 0 Å². The van der Waals surface area contributed by atoms with Crippen molar-refractivity contribution in [1.29, 1.82) is 0 Å². The van der Waals surface area contributed by atoms with Crippen LogP contribution in [0.3, 0.4) is 0 Å². The summed E-state index contributed by atoms with van der Waals surface area (Å²) in [6.07, 6.45) is 1.34. The maximum atomic E-state index is 12.1. The van der Waals surface area contributed by atoms with Gasteiger partial charge in [0.2, 0.25) is 0 Å². The molecule has 6 heteroatoms. The molecule has 0 aliphatic heterocycles. The summed E-state index contributed by atoms with van der Waals surface area (Å²) in [5, 5.41) is 0.992. The Balaban J connectivity index is 2.13. The Morgan fingerprint density at radius 1 is 1.43 bits per heavy atom. The molecule has 2 atom stereocenters. The normalized spacial score (nSPS) is 20.3. The van der Waals surface area contributed by atoms with E-state index in [9.17, 15) is 9.59 Å². The molecule has 1 heterocycles. The second-order valence-corrected chi connectivity index (χ2v) is 6.87. The predicted octanol–water partition coefficient (Wildman–Crippen LogP) is 3.26. The Bertz CT molecular complexity index is 797. The number of carbonyl (C=O) groups excluding carboxylic acids is 2. The van der Waals surface area contributed by atoms with E-state index >= 15 is 0 Å². The van der Waals surface area contributed by atoms with E-state index < -0.39 is 5.91 Å². The lowest BCUT2D eigenvalue weighted by Gasteiger charge is -2.26. The number of amides is 1. The number of primary amides is 1. The quantitative estimate of drug-likeness (QED) is 0.803. The maximum absolute atomic E-state index is 12.1. The summed E-state index contributed by atoms with van der Waals surface area (Å²) in [6, 6.07) is 3.56. The van der Waals surface area contributed by atoms with Crippen LogP contribution in [0, 0.1) is 5.92 Å². The molecule has 1 aliphatic rings. The average Bonchev–Trinajstić information content (AvgIpc) is 2.87. The zero-order chi connectivity index (χ0) is 16.7. The van der Waals surface area contributed by atoms with Crippen molar-refractivity contribution >= 4 is 38.7 Å². The van der Waals surface area contributed by atoms with Gasteiger partial charge in [-0.05, 0) is 37.0 Å². The van der Waals surface area contributed by atoms with Crippen molar-refractivity contribution in [2.45, 2.75) is 32.6 Å². The fourth-order valence-electron chi connectivity index (χ4n) is 3.56. The average molecular weight is 379 g/mol. The molecule has 1 aliphatic carbocycles. The number of H-pyrrole nitrogens is 1. The van der Waals surface area contributed by atoms with Crippen LogP contribution in [0.4, 0.5) is 0 Å². The standard InChI is InChI=1S/C17H19BrN2O3/c1-3-23-17(22)9-6-8(2)13-12(7-9)20-15-10(16(19)21)4-5-11(18)14(13)15/h4-5,8-9,20H,3,6-7H2,1-2H3,(H2,19,21). The van der Waals surface area contributed by atoms with Gasteiger partial charge in [0.1, 0.15) is 0 Å². The SMILES string of the molecule is CCOC(=O)C1Cc2[nH]c3c(C(N)=O)ccc(Br)c3c2C(C)C1. The van der Waals surface area contributed by atoms with E-state index in [0.29, 0.717) is 18.6 Å². The molecule has 0 fully saturated rings. The molecule has 122 valence electrons. The smallest absolute Gasteiger partial charge is 0.309 e. The van der Waals surface area contributed by atoms with E-state index in [1.165, 1.54) is 0 Å². The topological polar surface area (TPSA) is 85.2 Å². The fraction of sp³-hybridized carbons (Fsp3) is 0.412. The third kappa shape index (κ3) is 2.65. The van der Waals surface area contributed by atoms with Crippen molar-refractivity contribution in [3.8, 4) is 0 Å². The van der Waals surface area contributed by atoms with E-state index in [-0.39, 0.29) is 17.8 Å². The largest absolute Gasteiger partial charge is 0.466 e. The Labute approximate surface area is 142 Å². The van der Waals surface area contributed by atoms with Crippen LogP contribution in [0.15, 0.2) is 16.6 Å². The predicted molar refractivity (Wildman–Crippen MR) is 91.4 cm³/mol. The second-order valence-electron chi connectivity index (χ2n) is 6.02. The number of halogens is 1. The number of rotatable bonds is 3. The van der Waals surface area contributed by atoms with Crippen LogP contribution in [0.25, 0.3) is 10.9 Å². The minimum absolute atomic E-state index is 0.152. The number of ether oxygens (including phenoxy) is 1. The van der Waals surface area contributed by atoms with Crippen LogP contribution >= 0.6 is 15.9 Å². The van der Waals surface area contributed by atoms with Crippen LogP contribution in [0.1, 0.15) is 47.8 Å². The Morgan fingerprint density at radius 3 is 2.83 bits per heavy atom. The van der Waals surface area contributed by atoms with Gasteiger partial charge in [-0.25, -0.2) is 0 Å². The van der Waals surface area contributed by atoms with E-state index in [4.69, 9.17) is 10.5 Å². The first-order valence-electron chi connectivity index (χ1n) is 7.73. The molecule has 0 bridgehead atoms. The number of aromatic amines is 1. The monoisotopic (exact) mass is 378 g/mol. The maximum Gasteiger partial charge on any atom is 0.309 e. The molecule has 0 saturated carbocycles. The summed E-state index contributed by atoms with van der Waals surface area (Å²) in [5.41, 5.74) is 8.86. The minimum Gasteiger partial charge on any atom is -0.466 e. The van der Waals surface area contributed by atoms with Crippen LogP contribution < -0.4 is 5.73 Å². The van der Waals surface area contributed by atoms with Crippen molar-refractivity contribution in [3.05, 3.63) is 33.4 Å². The number of esters is 1. The van der Waals surface area contributed by atoms with Crippen molar-refractivity contribution in [1.82, 2.24) is 4.98 Å². The second kappa shape index (κ2) is 6.00. The molecule has 2 unspecified atom stereocenters. The molecule has 1 amide bonds. The molecule has 1 aromatic heterocycles. The molecule has 0 radical (unpaired) electrons. The molecule has 3 rings (SSSR count). The van der Waals surface area contributed by atoms with Gasteiger partial charge in [-0.3, -0.25) is 9.59 Å². The van der Waals surface area contributed by atoms with Crippen molar-refractivity contribution in [2.24, 2.45) is 11.7 Å². The van der Waals surface area contributed by atoms with Gasteiger partial charge in [0.25, 0.3) is 5.91 Å². The summed E-state index contributed by atoms with van der Waals surface area (Å²) in [5.74, 6) is -0.573. The fourth-order valence-corrected chi connectivity index (χ4v) is 4.11. The van der Waals surface area contributed by atoms with E-state index in [1.807, 2.05) is 13.0 Å². The van der Waals surface area contributed by atoms with Gasteiger partial charge in [-0.15, -0.1) is 0 Å². The number of hydrogen-bond donors (Lipinski definition) is 2. The molecule has 5 nitrogen and oxygen atoms in total. The van der Waals surface area contributed by atoms with Crippen LogP contribution in [0.5, 0.6) is 0 Å². The number of hydrogen-bond acceptors (Lipinski definition) is 3. The zero-order valence-electron chi connectivity index (χ0n) is 13.1. The first kappa shape index (κ1) is 16.1. The van der Waals surface area contributed by atoms with Gasteiger partial charge in [0.15, 0.2) is 0 Å². The minimum atomic E-state index is -0.462. The van der Waals surface area contributed by atoms with Gasteiger partial charge < -0.3 is 15.5 Å². The van der Waals surface area contributed by atoms with Crippen LogP contribution in [0.2, 0.25) is 0 Å². The summed E-state index contributed by atoms with van der Waals surface area (Å²) in [4.78, 5) is 27.1. The van der Waals surface area contributed by atoms with E-state index in [1.54, 1.807) is 6.07 Å². The van der Waals surface area contributed by atoms with Gasteiger partial charge in [-0.2, -0.15) is 0 Å². The summed E-state index contributed by atoms with van der Waals surface area (Å²) in [6.45, 7) is 4.30. The van der Waals surface area contributed by atoms with Gasteiger partial charge in [-0.1, -0.05) is 22.9 Å². The molecule has 23 heavy (non-hydrogen) atoms. The molecule has 1 aromatic carbocycles. The number of nitrogens with two attached hydrogens (primary N) is 1. The first-order valence-corrected chi connectivity index (χ1v) is 8.52. The lowest BCUT2D eigenvalue weighted by atomic mass is 9.80. The summed E-state index contributed by atoms with van der Waals surface area (Å²) in [7, 11) is 0. The lowest BCUT2D eigenvalue weighted by Crippen LogP contribution is -2.26. The first-order chi connectivity index (χ1) is 10.9. The van der Waals surface area contributed by atoms with Crippen molar-refractivity contribution < 1.29 is 14.3 Å². The van der Waals surface area contributed by atoms with Crippen LogP contribution in [-0.2, 0) is 16.0 Å². The van der Waals surface area contributed by atoms with Gasteiger partial charge >= 0.3 is 5.97 Å². The molecule has 2 aromatic rings. The molecular weight excluding hydrogens is 360 g/mol. The number of nitrogens with one attached hydrogen (secondary N) is 1.